The number of ether oxygens (including phenoxy) is 2. The third-order valence-electron chi connectivity index (χ3n) is 4.81. The van der Waals surface area contributed by atoms with Crippen LogP contribution < -0.4 is 4.74 Å². The van der Waals surface area contributed by atoms with Gasteiger partial charge in [0.2, 0.25) is 5.12 Å². The molecule has 0 N–H and O–H groups in total. The third-order valence-corrected chi connectivity index (χ3v) is 5.58. The molecule has 1 unspecified atom stereocenters. The fourth-order valence-electron chi connectivity index (χ4n) is 3.28. The van der Waals surface area contributed by atoms with E-state index in [2.05, 4.69) is 0 Å². The van der Waals surface area contributed by atoms with Gasteiger partial charge in [0.25, 0.3) is 0 Å². The Hall–Kier alpha value is -1.59. The molecule has 4 nitrogen and oxygen atoms in total. The van der Waals surface area contributed by atoms with Crippen molar-refractivity contribution in [2.45, 2.75) is 58.7 Å². The molecule has 148 valence electrons. The maximum Gasteiger partial charge on any atom is 0.222 e. The number of ketones is 1. The number of Topliss-reactive ketones (excluding diaryl/α,β-unsaturated/α-hetero) is 1. The third kappa shape index (κ3) is 6.82. The van der Waals surface area contributed by atoms with Crippen molar-refractivity contribution < 1.29 is 19.1 Å². The SMILES string of the molecule is CCSC(=O)/C(=C\C(C)OCc1ccc(OC)cc1)C(=O)C1CCCCC1. The number of hydrogen-bond acceptors (Lipinski definition) is 5. The second-order valence-corrected chi connectivity index (χ2v) is 8.10. The van der Waals surface area contributed by atoms with Gasteiger partial charge in [0, 0.05) is 5.92 Å². The molecule has 1 aliphatic rings. The lowest BCUT2D eigenvalue weighted by Gasteiger charge is -2.21. The van der Waals surface area contributed by atoms with Crippen LogP contribution >= 0.6 is 11.8 Å². The van der Waals surface area contributed by atoms with Crippen LogP contribution in [0.5, 0.6) is 5.75 Å². The Bertz CT molecular complexity index is 645. The van der Waals surface area contributed by atoms with Gasteiger partial charge in [0.15, 0.2) is 5.78 Å². The van der Waals surface area contributed by atoms with E-state index >= 15 is 0 Å². The van der Waals surface area contributed by atoms with Crippen LogP contribution in [-0.2, 0) is 20.9 Å². The number of methoxy groups -OCH3 is 1. The summed E-state index contributed by atoms with van der Waals surface area (Å²) in [4.78, 5) is 25.4. The number of thioether (sulfide) groups is 1. The zero-order valence-electron chi connectivity index (χ0n) is 16.5. The first-order valence-electron chi connectivity index (χ1n) is 9.72. The summed E-state index contributed by atoms with van der Waals surface area (Å²) in [6.45, 7) is 4.22. The Morgan fingerprint density at radius 2 is 1.85 bits per heavy atom. The minimum Gasteiger partial charge on any atom is -0.497 e. The van der Waals surface area contributed by atoms with Gasteiger partial charge in [-0.1, -0.05) is 50.1 Å². The van der Waals surface area contributed by atoms with E-state index < -0.39 is 0 Å². The standard InChI is InChI=1S/C22H30O4S/c1-4-27-22(24)20(21(23)18-8-6-5-7-9-18)14-16(2)26-15-17-10-12-19(25-3)13-11-17/h10-14,16,18H,4-9,15H2,1-3H3/b20-14-. The molecule has 1 aromatic carbocycles. The predicted octanol–water partition coefficient (Wildman–Crippen LogP) is 4.96. The molecule has 0 saturated heterocycles. The number of hydrogen-bond donors (Lipinski definition) is 0. The molecule has 1 saturated carbocycles. The van der Waals surface area contributed by atoms with Crippen molar-refractivity contribution in [3.05, 3.63) is 41.5 Å². The number of carbonyl (C=O) groups is 2. The summed E-state index contributed by atoms with van der Waals surface area (Å²) < 4.78 is 11.0. The molecule has 0 spiro atoms. The Labute approximate surface area is 166 Å². The summed E-state index contributed by atoms with van der Waals surface area (Å²) in [5, 5.41) is -0.132. The predicted molar refractivity (Wildman–Crippen MR) is 110 cm³/mol. The highest BCUT2D eigenvalue weighted by Gasteiger charge is 2.28. The van der Waals surface area contributed by atoms with E-state index in [4.69, 9.17) is 9.47 Å². The van der Waals surface area contributed by atoms with Crippen molar-refractivity contribution in [2.75, 3.05) is 12.9 Å². The second-order valence-electron chi connectivity index (χ2n) is 6.86. The number of carbonyl (C=O) groups excluding carboxylic acids is 2. The Morgan fingerprint density at radius 3 is 2.44 bits per heavy atom. The van der Waals surface area contributed by atoms with Crippen molar-refractivity contribution in [1.29, 1.82) is 0 Å². The Kier molecular flexibility index (Phi) is 9.08. The van der Waals surface area contributed by atoms with Gasteiger partial charge >= 0.3 is 0 Å². The number of benzene rings is 1. The summed E-state index contributed by atoms with van der Waals surface area (Å²) in [5.41, 5.74) is 1.33. The average Bonchev–Trinajstić information content (AvgIpc) is 2.71. The smallest absolute Gasteiger partial charge is 0.222 e. The lowest BCUT2D eigenvalue weighted by atomic mass is 9.83. The maximum atomic E-state index is 12.9. The molecule has 1 aliphatic carbocycles. The quantitative estimate of drug-likeness (QED) is 0.339. The molecule has 1 atom stereocenters. The van der Waals surface area contributed by atoms with Gasteiger partial charge in [0.05, 0.1) is 25.4 Å². The first kappa shape index (κ1) is 21.7. The van der Waals surface area contributed by atoms with Crippen LogP contribution in [0.25, 0.3) is 0 Å². The topological polar surface area (TPSA) is 52.6 Å². The monoisotopic (exact) mass is 390 g/mol. The van der Waals surface area contributed by atoms with Crippen LogP contribution in [0.2, 0.25) is 0 Å². The molecule has 0 amide bonds. The van der Waals surface area contributed by atoms with Crippen LogP contribution in [0.1, 0.15) is 51.5 Å². The molecule has 27 heavy (non-hydrogen) atoms. The minimum absolute atomic E-state index is 0.000507. The Balaban J connectivity index is 2.04. The zero-order valence-corrected chi connectivity index (χ0v) is 17.3. The van der Waals surface area contributed by atoms with Crippen molar-refractivity contribution >= 4 is 22.7 Å². The molecular formula is C22H30O4S. The van der Waals surface area contributed by atoms with E-state index in [-0.39, 0.29) is 22.9 Å². The van der Waals surface area contributed by atoms with E-state index in [1.54, 1.807) is 13.2 Å². The van der Waals surface area contributed by atoms with Gasteiger partial charge in [-0.15, -0.1) is 0 Å². The fraction of sp³-hybridized carbons (Fsp3) is 0.545. The molecule has 0 radical (unpaired) electrons. The largest absolute Gasteiger partial charge is 0.497 e. The van der Waals surface area contributed by atoms with Gasteiger partial charge in [-0.25, -0.2) is 0 Å². The first-order chi connectivity index (χ1) is 13.0. The highest BCUT2D eigenvalue weighted by atomic mass is 32.2. The molecule has 5 heteroatoms. The summed E-state index contributed by atoms with van der Waals surface area (Å²) in [5.74, 6) is 1.45. The van der Waals surface area contributed by atoms with Crippen LogP contribution in [0.4, 0.5) is 0 Å². The zero-order chi connectivity index (χ0) is 19.6. The lowest BCUT2D eigenvalue weighted by Crippen LogP contribution is -2.24. The molecular weight excluding hydrogens is 360 g/mol. The van der Waals surface area contributed by atoms with E-state index in [0.717, 1.165) is 37.0 Å². The second kappa shape index (κ2) is 11.3. The van der Waals surface area contributed by atoms with Crippen molar-refractivity contribution in [3.63, 3.8) is 0 Å². The summed E-state index contributed by atoms with van der Waals surface area (Å²) in [6, 6.07) is 7.67. The van der Waals surface area contributed by atoms with Crippen LogP contribution in [0.3, 0.4) is 0 Å². The first-order valence-corrected chi connectivity index (χ1v) is 10.7. The van der Waals surface area contributed by atoms with Crippen LogP contribution in [0, 0.1) is 5.92 Å². The lowest BCUT2D eigenvalue weighted by molar-refractivity contribution is -0.122. The molecule has 0 aromatic heterocycles. The highest BCUT2D eigenvalue weighted by Crippen LogP contribution is 2.28. The summed E-state index contributed by atoms with van der Waals surface area (Å²) >= 11 is 1.19. The van der Waals surface area contributed by atoms with E-state index in [0.29, 0.717) is 17.9 Å². The molecule has 1 fully saturated rings. The summed E-state index contributed by atoms with van der Waals surface area (Å²) in [6.07, 6.45) is 6.51. The van der Waals surface area contributed by atoms with Crippen molar-refractivity contribution in [3.8, 4) is 5.75 Å². The Morgan fingerprint density at radius 1 is 1.19 bits per heavy atom. The number of rotatable bonds is 9. The molecule has 0 bridgehead atoms. The summed E-state index contributed by atoms with van der Waals surface area (Å²) in [7, 11) is 1.63. The molecule has 2 rings (SSSR count). The van der Waals surface area contributed by atoms with Gasteiger partial charge in [-0.3, -0.25) is 9.59 Å². The minimum atomic E-state index is -0.309. The van der Waals surface area contributed by atoms with Crippen molar-refractivity contribution in [1.82, 2.24) is 0 Å². The molecule has 0 heterocycles. The van der Waals surface area contributed by atoms with Crippen molar-refractivity contribution in [2.24, 2.45) is 5.92 Å². The van der Waals surface area contributed by atoms with E-state index in [1.807, 2.05) is 38.1 Å². The normalized spacial score (nSPS) is 16.8. The van der Waals surface area contributed by atoms with Gasteiger partial charge in [-0.2, -0.15) is 0 Å². The molecule has 1 aromatic rings. The van der Waals surface area contributed by atoms with E-state index in [9.17, 15) is 9.59 Å². The van der Waals surface area contributed by atoms with E-state index in [1.165, 1.54) is 18.2 Å². The molecule has 0 aliphatic heterocycles. The maximum absolute atomic E-state index is 12.9. The van der Waals surface area contributed by atoms with Gasteiger partial charge in [-0.05, 0) is 49.3 Å². The van der Waals surface area contributed by atoms with Gasteiger partial charge < -0.3 is 9.47 Å². The van der Waals surface area contributed by atoms with Gasteiger partial charge in [0.1, 0.15) is 5.75 Å². The fourth-order valence-corrected chi connectivity index (χ4v) is 3.86. The highest BCUT2D eigenvalue weighted by molar-refractivity contribution is 8.14. The van der Waals surface area contributed by atoms with Crippen LogP contribution in [0.15, 0.2) is 35.9 Å². The average molecular weight is 391 g/mol. The van der Waals surface area contributed by atoms with Crippen LogP contribution in [-0.4, -0.2) is 29.9 Å².